The summed E-state index contributed by atoms with van der Waals surface area (Å²) in [6.07, 6.45) is 1.60. The maximum Gasteiger partial charge on any atom is 0.222 e. The van der Waals surface area contributed by atoms with Crippen LogP contribution < -0.4 is 10.6 Å². The van der Waals surface area contributed by atoms with Crippen LogP contribution in [0.2, 0.25) is 0 Å². The number of carbonyl (C=O) groups excluding carboxylic acids is 2. The van der Waals surface area contributed by atoms with Gasteiger partial charge in [0.2, 0.25) is 11.8 Å². The van der Waals surface area contributed by atoms with Crippen LogP contribution in [0.5, 0.6) is 0 Å². The Balaban J connectivity index is 1.73. The lowest BCUT2D eigenvalue weighted by atomic mass is 10.1. The summed E-state index contributed by atoms with van der Waals surface area (Å²) >= 11 is 0. The monoisotopic (exact) mass is 232 g/mol. The average Bonchev–Trinajstić information content (AvgIpc) is 2.73. The van der Waals surface area contributed by atoms with E-state index < -0.39 is 0 Å². The molecule has 1 fully saturated rings. The lowest BCUT2D eigenvalue weighted by molar-refractivity contribution is -0.121. The zero-order valence-electron chi connectivity index (χ0n) is 9.61. The van der Waals surface area contributed by atoms with Gasteiger partial charge in [0.1, 0.15) is 0 Å². The lowest BCUT2D eigenvalue weighted by Crippen LogP contribution is -2.36. The van der Waals surface area contributed by atoms with Gasteiger partial charge in [-0.25, -0.2) is 0 Å². The third-order valence-corrected chi connectivity index (χ3v) is 2.83. The van der Waals surface area contributed by atoms with Gasteiger partial charge >= 0.3 is 0 Å². The summed E-state index contributed by atoms with van der Waals surface area (Å²) in [4.78, 5) is 22.6. The van der Waals surface area contributed by atoms with Crippen molar-refractivity contribution in [2.45, 2.75) is 25.3 Å². The van der Waals surface area contributed by atoms with Crippen molar-refractivity contribution in [3.8, 4) is 0 Å². The molecule has 0 aromatic heterocycles. The minimum absolute atomic E-state index is 0.00959. The molecule has 1 aromatic carbocycles. The van der Waals surface area contributed by atoms with Crippen molar-refractivity contribution in [2.24, 2.45) is 0 Å². The van der Waals surface area contributed by atoms with Crippen LogP contribution >= 0.6 is 0 Å². The summed E-state index contributed by atoms with van der Waals surface area (Å²) in [6.45, 7) is 0.551. The molecule has 2 amide bonds. The number of rotatable bonds is 4. The van der Waals surface area contributed by atoms with Gasteiger partial charge in [0.15, 0.2) is 0 Å². The highest BCUT2D eigenvalue weighted by Gasteiger charge is 2.22. The predicted molar refractivity (Wildman–Crippen MR) is 64.3 cm³/mol. The second-order valence-corrected chi connectivity index (χ2v) is 4.26. The molecule has 0 bridgehead atoms. The van der Waals surface area contributed by atoms with E-state index in [-0.39, 0.29) is 17.9 Å². The Bertz CT molecular complexity index is 403. The smallest absolute Gasteiger partial charge is 0.222 e. The Labute approximate surface area is 100 Å². The van der Waals surface area contributed by atoms with Crippen LogP contribution in [0.1, 0.15) is 18.4 Å². The van der Waals surface area contributed by atoms with Crippen LogP contribution in [-0.2, 0) is 16.0 Å². The number of hydrogen-bond acceptors (Lipinski definition) is 2. The molecule has 0 aliphatic carbocycles. The normalized spacial score (nSPS) is 18.8. The zero-order valence-corrected chi connectivity index (χ0v) is 9.61. The Hall–Kier alpha value is -1.84. The van der Waals surface area contributed by atoms with Gasteiger partial charge in [-0.3, -0.25) is 9.59 Å². The second-order valence-electron chi connectivity index (χ2n) is 4.26. The van der Waals surface area contributed by atoms with Gasteiger partial charge in [-0.1, -0.05) is 30.3 Å². The van der Waals surface area contributed by atoms with Crippen molar-refractivity contribution >= 4 is 11.8 Å². The molecular formula is C13H16N2O2. The molecule has 2 rings (SSSR count). The van der Waals surface area contributed by atoms with Crippen molar-refractivity contribution in [1.29, 1.82) is 0 Å². The second kappa shape index (κ2) is 5.48. The highest BCUT2D eigenvalue weighted by Crippen LogP contribution is 2.04. The number of carbonyl (C=O) groups is 2. The van der Waals surface area contributed by atoms with Gasteiger partial charge in [-0.15, -0.1) is 0 Å². The molecule has 2 N–H and O–H groups in total. The lowest BCUT2D eigenvalue weighted by Gasteiger charge is -2.10. The molecule has 1 aliphatic heterocycles. The maximum absolute atomic E-state index is 11.6. The first-order chi connectivity index (χ1) is 8.24. The van der Waals surface area contributed by atoms with Crippen molar-refractivity contribution in [2.75, 3.05) is 6.54 Å². The molecule has 0 radical (unpaired) electrons. The maximum atomic E-state index is 11.6. The van der Waals surface area contributed by atoms with Crippen molar-refractivity contribution in [1.82, 2.24) is 10.6 Å². The minimum atomic E-state index is -0.0363. The summed E-state index contributed by atoms with van der Waals surface area (Å²) in [5.41, 5.74) is 1.16. The molecule has 1 atom stereocenters. The van der Waals surface area contributed by atoms with Crippen LogP contribution in [0, 0.1) is 0 Å². The molecule has 1 heterocycles. The van der Waals surface area contributed by atoms with Gasteiger partial charge < -0.3 is 10.6 Å². The van der Waals surface area contributed by atoms with E-state index in [0.717, 1.165) is 12.0 Å². The molecule has 0 saturated carbocycles. The third-order valence-electron chi connectivity index (χ3n) is 2.83. The van der Waals surface area contributed by atoms with Crippen LogP contribution in [-0.4, -0.2) is 24.4 Å². The molecule has 90 valence electrons. The molecular weight excluding hydrogens is 216 g/mol. The van der Waals surface area contributed by atoms with E-state index in [0.29, 0.717) is 19.4 Å². The first-order valence-corrected chi connectivity index (χ1v) is 5.84. The molecule has 0 unspecified atom stereocenters. The van der Waals surface area contributed by atoms with Gasteiger partial charge in [0.05, 0.1) is 6.04 Å². The summed E-state index contributed by atoms with van der Waals surface area (Å²) in [7, 11) is 0. The Morgan fingerprint density at radius 2 is 2.12 bits per heavy atom. The summed E-state index contributed by atoms with van der Waals surface area (Å²) < 4.78 is 0. The molecule has 4 heteroatoms. The van der Waals surface area contributed by atoms with Crippen LogP contribution in [0.25, 0.3) is 0 Å². The van der Waals surface area contributed by atoms with E-state index >= 15 is 0 Å². The van der Waals surface area contributed by atoms with E-state index in [9.17, 15) is 9.59 Å². The standard InChI is InChI=1S/C13H16N2O2/c16-12(15-11-8-13(17)14-9-11)7-6-10-4-2-1-3-5-10/h1-5,11H,6-9H2,(H,14,17)(H,15,16)/t11-/m1/s1. The summed E-state index contributed by atoms with van der Waals surface area (Å²) in [6, 6.07) is 9.87. The molecule has 4 nitrogen and oxygen atoms in total. The SMILES string of the molecule is O=C1C[C@@H](NC(=O)CCc2ccccc2)CN1. The average molecular weight is 232 g/mol. The fourth-order valence-corrected chi connectivity index (χ4v) is 1.91. The molecule has 0 spiro atoms. The first kappa shape index (κ1) is 11.6. The summed E-state index contributed by atoms with van der Waals surface area (Å²) in [5, 5.41) is 5.55. The number of nitrogens with one attached hydrogen (secondary N) is 2. The molecule has 1 aliphatic rings. The number of hydrogen-bond donors (Lipinski definition) is 2. The molecule has 1 saturated heterocycles. The zero-order chi connectivity index (χ0) is 12.1. The Morgan fingerprint density at radius 1 is 1.35 bits per heavy atom. The topological polar surface area (TPSA) is 58.2 Å². The van der Waals surface area contributed by atoms with Crippen molar-refractivity contribution in [3.05, 3.63) is 35.9 Å². The van der Waals surface area contributed by atoms with E-state index in [1.165, 1.54) is 0 Å². The fraction of sp³-hybridized carbons (Fsp3) is 0.385. The first-order valence-electron chi connectivity index (χ1n) is 5.84. The van der Waals surface area contributed by atoms with Gasteiger partial charge in [-0.05, 0) is 12.0 Å². The molecule has 1 aromatic rings. The fourth-order valence-electron chi connectivity index (χ4n) is 1.91. The third kappa shape index (κ3) is 3.59. The quantitative estimate of drug-likeness (QED) is 0.799. The predicted octanol–water partition coefficient (Wildman–Crippen LogP) is 0.624. The number of amides is 2. The van der Waals surface area contributed by atoms with Crippen molar-refractivity contribution < 1.29 is 9.59 Å². The summed E-state index contributed by atoms with van der Waals surface area (Å²) in [5.74, 6) is 0.0220. The highest BCUT2D eigenvalue weighted by molar-refractivity contribution is 5.82. The molecule has 17 heavy (non-hydrogen) atoms. The van der Waals surface area contributed by atoms with E-state index in [2.05, 4.69) is 10.6 Å². The Morgan fingerprint density at radius 3 is 2.76 bits per heavy atom. The van der Waals surface area contributed by atoms with Crippen LogP contribution in [0.4, 0.5) is 0 Å². The van der Waals surface area contributed by atoms with E-state index in [1.807, 2.05) is 30.3 Å². The Kier molecular flexibility index (Phi) is 3.75. The largest absolute Gasteiger partial charge is 0.354 e. The van der Waals surface area contributed by atoms with Crippen LogP contribution in [0.15, 0.2) is 30.3 Å². The van der Waals surface area contributed by atoms with Gasteiger partial charge in [-0.2, -0.15) is 0 Å². The number of benzene rings is 1. The van der Waals surface area contributed by atoms with Crippen molar-refractivity contribution in [3.63, 3.8) is 0 Å². The van der Waals surface area contributed by atoms with Gasteiger partial charge in [0.25, 0.3) is 0 Å². The highest BCUT2D eigenvalue weighted by atomic mass is 16.2. The minimum Gasteiger partial charge on any atom is -0.354 e. The van der Waals surface area contributed by atoms with E-state index in [1.54, 1.807) is 0 Å². The number of aryl methyl sites for hydroxylation is 1. The van der Waals surface area contributed by atoms with Crippen LogP contribution in [0.3, 0.4) is 0 Å². The van der Waals surface area contributed by atoms with Gasteiger partial charge in [0, 0.05) is 19.4 Å². The van der Waals surface area contributed by atoms with E-state index in [4.69, 9.17) is 0 Å².